The summed E-state index contributed by atoms with van der Waals surface area (Å²) in [6, 6.07) is 3.72. The molecule has 1 aromatic carbocycles. The van der Waals surface area contributed by atoms with Crippen molar-refractivity contribution in [2.24, 2.45) is 5.73 Å². The molecule has 0 radical (unpaired) electrons. The van der Waals surface area contributed by atoms with Crippen LogP contribution in [-0.2, 0) is 16.1 Å². The first-order valence-corrected chi connectivity index (χ1v) is 6.40. The van der Waals surface area contributed by atoms with Gasteiger partial charge in [0.2, 0.25) is 17.7 Å². The van der Waals surface area contributed by atoms with Crippen molar-refractivity contribution in [3.05, 3.63) is 35.1 Å². The summed E-state index contributed by atoms with van der Waals surface area (Å²) in [5.74, 6) is -2.26. The first-order valence-electron chi connectivity index (χ1n) is 6.40. The van der Waals surface area contributed by atoms with Gasteiger partial charge in [0, 0.05) is 11.1 Å². The summed E-state index contributed by atoms with van der Waals surface area (Å²) in [5.41, 5.74) is 4.38. The summed E-state index contributed by atoms with van der Waals surface area (Å²) in [5, 5.41) is 2.82. The maximum Gasteiger partial charge on any atom is 0.249 e. The minimum atomic E-state index is -0.877. The summed E-state index contributed by atoms with van der Waals surface area (Å²) in [7, 11) is 0. The molecule has 0 aliphatic carbocycles. The number of rotatable bonds is 3. The Morgan fingerprint density at radius 1 is 1.43 bits per heavy atom. The van der Waals surface area contributed by atoms with Gasteiger partial charge in [-0.1, -0.05) is 6.07 Å². The molecule has 3 amide bonds. The monoisotopic (exact) mass is 293 g/mol. The SMILES string of the molecule is CC1(C)NCC(=O)N(Cc2ccc(C(N)=O)cc2F)C1=O. The fraction of sp³-hybridized carbons (Fsp3) is 0.357. The van der Waals surface area contributed by atoms with Crippen LogP contribution < -0.4 is 11.1 Å². The molecule has 1 aliphatic heterocycles. The van der Waals surface area contributed by atoms with E-state index in [1.807, 2.05) is 0 Å². The number of nitrogens with one attached hydrogen (secondary N) is 1. The Labute approximate surface area is 121 Å². The molecule has 0 bridgehead atoms. The van der Waals surface area contributed by atoms with Crippen LogP contribution in [0.25, 0.3) is 0 Å². The van der Waals surface area contributed by atoms with Crippen molar-refractivity contribution in [3.8, 4) is 0 Å². The van der Waals surface area contributed by atoms with Crippen LogP contribution in [-0.4, -0.2) is 34.7 Å². The molecule has 6 nitrogen and oxygen atoms in total. The number of amides is 3. The molecule has 112 valence electrons. The molecule has 0 saturated carbocycles. The number of carbonyl (C=O) groups is 3. The molecule has 1 fully saturated rings. The van der Waals surface area contributed by atoms with Crippen LogP contribution in [0.2, 0.25) is 0 Å². The molecule has 0 unspecified atom stereocenters. The molecule has 3 N–H and O–H groups in total. The maximum atomic E-state index is 13.9. The zero-order valence-corrected chi connectivity index (χ0v) is 11.8. The second kappa shape index (κ2) is 5.25. The topological polar surface area (TPSA) is 92.5 Å². The van der Waals surface area contributed by atoms with Gasteiger partial charge in [0.15, 0.2) is 0 Å². The van der Waals surface area contributed by atoms with E-state index in [0.29, 0.717) is 0 Å². The third kappa shape index (κ3) is 2.92. The second-order valence-electron chi connectivity index (χ2n) is 5.43. The number of halogens is 1. The van der Waals surface area contributed by atoms with Gasteiger partial charge in [-0.05, 0) is 26.0 Å². The summed E-state index contributed by atoms with van der Waals surface area (Å²) in [6.45, 7) is 3.15. The van der Waals surface area contributed by atoms with Crippen molar-refractivity contribution in [2.75, 3.05) is 6.54 Å². The van der Waals surface area contributed by atoms with Crippen LogP contribution in [0.4, 0.5) is 4.39 Å². The average Bonchev–Trinajstić information content (AvgIpc) is 2.41. The number of hydrogen-bond donors (Lipinski definition) is 2. The Kier molecular flexibility index (Phi) is 3.78. The molecule has 0 atom stereocenters. The maximum absolute atomic E-state index is 13.9. The van der Waals surface area contributed by atoms with E-state index in [1.54, 1.807) is 13.8 Å². The van der Waals surface area contributed by atoms with E-state index < -0.39 is 29.1 Å². The Morgan fingerprint density at radius 2 is 2.10 bits per heavy atom. The highest BCUT2D eigenvalue weighted by Gasteiger charge is 2.39. The molecule has 2 rings (SSSR count). The van der Waals surface area contributed by atoms with E-state index >= 15 is 0 Å². The van der Waals surface area contributed by atoms with Crippen LogP contribution in [0.5, 0.6) is 0 Å². The van der Waals surface area contributed by atoms with Gasteiger partial charge in [-0.15, -0.1) is 0 Å². The zero-order chi connectivity index (χ0) is 15.8. The first kappa shape index (κ1) is 15.1. The average molecular weight is 293 g/mol. The van der Waals surface area contributed by atoms with Gasteiger partial charge in [-0.2, -0.15) is 0 Å². The lowest BCUT2D eigenvalue weighted by Gasteiger charge is -2.36. The number of carbonyl (C=O) groups excluding carboxylic acids is 3. The molecular formula is C14H16FN3O3. The molecular weight excluding hydrogens is 277 g/mol. The van der Waals surface area contributed by atoms with Crippen molar-refractivity contribution in [1.82, 2.24) is 10.2 Å². The first-order chi connectivity index (χ1) is 9.72. The minimum Gasteiger partial charge on any atom is -0.366 e. The number of piperazine rings is 1. The molecule has 1 aromatic rings. The molecule has 1 saturated heterocycles. The summed E-state index contributed by atoms with van der Waals surface area (Å²) >= 11 is 0. The number of hydrogen-bond acceptors (Lipinski definition) is 4. The largest absolute Gasteiger partial charge is 0.366 e. The second-order valence-corrected chi connectivity index (χ2v) is 5.43. The van der Waals surface area contributed by atoms with Crippen LogP contribution in [0.15, 0.2) is 18.2 Å². The van der Waals surface area contributed by atoms with E-state index in [9.17, 15) is 18.8 Å². The van der Waals surface area contributed by atoms with E-state index in [-0.39, 0.29) is 24.2 Å². The Hall–Kier alpha value is -2.28. The lowest BCUT2D eigenvalue weighted by Crippen LogP contribution is -2.63. The molecule has 0 aromatic heterocycles. The van der Waals surface area contributed by atoms with Crippen molar-refractivity contribution < 1.29 is 18.8 Å². The van der Waals surface area contributed by atoms with Gasteiger partial charge < -0.3 is 5.73 Å². The molecule has 21 heavy (non-hydrogen) atoms. The minimum absolute atomic E-state index is 0.0136. The number of benzene rings is 1. The smallest absolute Gasteiger partial charge is 0.249 e. The zero-order valence-electron chi connectivity index (χ0n) is 11.8. The van der Waals surface area contributed by atoms with Crippen molar-refractivity contribution in [2.45, 2.75) is 25.9 Å². The number of nitrogens with two attached hydrogens (primary N) is 1. The summed E-state index contributed by atoms with van der Waals surface area (Å²) in [4.78, 5) is 36.0. The standard InChI is InChI=1S/C14H16FN3O3/c1-14(2)13(21)18(11(19)6-17-14)7-9-4-3-8(12(16)20)5-10(9)15/h3-5,17H,6-7H2,1-2H3,(H2,16,20). The predicted octanol–water partition coefficient (Wildman–Crippen LogP) is 0.162. The Morgan fingerprint density at radius 3 is 2.67 bits per heavy atom. The lowest BCUT2D eigenvalue weighted by molar-refractivity contribution is -0.153. The van der Waals surface area contributed by atoms with Crippen molar-refractivity contribution in [3.63, 3.8) is 0 Å². The third-order valence-corrected chi connectivity index (χ3v) is 3.43. The molecule has 1 heterocycles. The third-order valence-electron chi connectivity index (χ3n) is 3.43. The van der Waals surface area contributed by atoms with E-state index in [4.69, 9.17) is 5.73 Å². The van der Waals surface area contributed by atoms with Crippen molar-refractivity contribution >= 4 is 17.7 Å². The molecule has 7 heteroatoms. The highest BCUT2D eigenvalue weighted by Crippen LogP contribution is 2.18. The number of nitrogens with zero attached hydrogens (tertiary/aromatic N) is 1. The van der Waals surface area contributed by atoms with Gasteiger partial charge in [0.1, 0.15) is 5.82 Å². The van der Waals surface area contributed by atoms with Gasteiger partial charge in [0.05, 0.1) is 18.6 Å². The van der Waals surface area contributed by atoms with E-state index in [2.05, 4.69) is 5.32 Å². The summed E-state index contributed by atoms with van der Waals surface area (Å²) < 4.78 is 13.9. The van der Waals surface area contributed by atoms with Crippen LogP contribution in [0.3, 0.4) is 0 Å². The van der Waals surface area contributed by atoms with E-state index in [1.165, 1.54) is 12.1 Å². The number of imide groups is 1. The predicted molar refractivity (Wildman–Crippen MR) is 72.6 cm³/mol. The van der Waals surface area contributed by atoms with Gasteiger partial charge >= 0.3 is 0 Å². The highest BCUT2D eigenvalue weighted by molar-refractivity contribution is 6.03. The van der Waals surface area contributed by atoms with Crippen LogP contribution in [0.1, 0.15) is 29.8 Å². The van der Waals surface area contributed by atoms with Crippen LogP contribution >= 0.6 is 0 Å². The van der Waals surface area contributed by atoms with Crippen molar-refractivity contribution in [1.29, 1.82) is 0 Å². The normalized spacial score (nSPS) is 18.0. The van der Waals surface area contributed by atoms with Crippen LogP contribution in [0, 0.1) is 5.82 Å². The fourth-order valence-electron chi connectivity index (χ4n) is 2.08. The molecule has 0 spiro atoms. The lowest BCUT2D eigenvalue weighted by atomic mass is 9.99. The summed E-state index contributed by atoms with van der Waals surface area (Å²) in [6.07, 6.45) is 0. The van der Waals surface area contributed by atoms with Gasteiger partial charge in [0.25, 0.3) is 0 Å². The van der Waals surface area contributed by atoms with Gasteiger partial charge in [-0.3, -0.25) is 24.6 Å². The Balaban J connectivity index is 2.26. The fourth-order valence-corrected chi connectivity index (χ4v) is 2.08. The quantitative estimate of drug-likeness (QED) is 0.777. The molecule has 1 aliphatic rings. The highest BCUT2D eigenvalue weighted by atomic mass is 19.1. The Bertz CT molecular complexity index is 628. The van der Waals surface area contributed by atoms with Gasteiger partial charge in [-0.25, -0.2) is 4.39 Å². The van der Waals surface area contributed by atoms with E-state index in [0.717, 1.165) is 11.0 Å². The number of primary amides is 1.